The van der Waals surface area contributed by atoms with Crippen molar-refractivity contribution in [2.45, 2.75) is 25.6 Å². The fourth-order valence-corrected chi connectivity index (χ4v) is 2.89. The van der Waals surface area contributed by atoms with Crippen molar-refractivity contribution in [1.29, 1.82) is 0 Å². The quantitative estimate of drug-likeness (QED) is 0.945. The number of piperidine rings is 1. The molecule has 4 nitrogen and oxygen atoms in total. The number of carbonyl (C=O) groups is 1. The Morgan fingerprint density at radius 3 is 2.61 bits per heavy atom. The van der Waals surface area contributed by atoms with Crippen LogP contribution in [0.25, 0.3) is 10.8 Å². The molecule has 1 saturated heterocycles. The largest absolute Gasteiger partial charge is 0.434 e. The minimum atomic E-state index is -3.00. The first-order chi connectivity index (χ1) is 11.0. The van der Waals surface area contributed by atoms with Crippen LogP contribution in [0.3, 0.4) is 0 Å². The summed E-state index contributed by atoms with van der Waals surface area (Å²) in [6, 6.07) is 10.2. The molecule has 1 unspecified atom stereocenters. The van der Waals surface area contributed by atoms with E-state index in [-0.39, 0.29) is 17.9 Å². The molecule has 0 radical (unpaired) electrons. The second-order valence-corrected chi connectivity index (χ2v) is 5.62. The summed E-state index contributed by atoms with van der Waals surface area (Å²) in [6.07, 6.45) is 0.751. The van der Waals surface area contributed by atoms with Crippen LogP contribution >= 0.6 is 0 Å². The van der Waals surface area contributed by atoms with Crippen LogP contribution < -0.4 is 4.74 Å². The van der Waals surface area contributed by atoms with Crippen LogP contribution in [0, 0.1) is 0 Å². The molecule has 3 rings (SSSR count). The van der Waals surface area contributed by atoms with Crippen molar-refractivity contribution in [1.82, 2.24) is 4.90 Å². The molecule has 0 saturated carbocycles. The lowest BCUT2D eigenvalue weighted by atomic mass is 10.0. The summed E-state index contributed by atoms with van der Waals surface area (Å²) in [5, 5.41) is 11.2. The molecule has 1 amide bonds. The van der Waals surface area contributed by atoms with E-state index in [1.54, 1.807) is 18.2 Å². The number of rotatable bonds is 3. The highest BCUT2D eigenvalue weighted by molar-refractivity contribution is 6.01. The molecule has 1 N–H and O–H groups in total. The third-order valence-corrected chi connectivity index (χ3v) is 3.98. The summed E-state index contributed by atoms with van der Waals surface area (Å²) in [5.74, 6) is -0.533. The maximum atomic E-state index is 12.7. The highest BCUT2D eigenvalue weighted by atomic mass is 19.3. The summed E-state index contributed by atoms with van der Waals surface area (Å²) in [5.41, 5.74) is 0.0955. The van der Waals surface area contributed by atoms with Gasteiger partial charge in [0.05, 0.1) is 11.7 Å². The molecule has 6 heteroatoms. The Bertz CT molecular complexity index is 720. The highest BCUT2D eigenvalue weighted by Gasteiger charge is 2.26. The van der Waals surface area contributed by atoms with Gasteiger partial charge in [-0.05, 0) is 35.7 Å². The average molecular weight is 321 g/mol. The van der Waals surface area contributed by atoms with Gasteiger partial charge in [0.1, 0.15) is 5.75 Å². The van der Waals surface area contributed by atoms with Crippen molar-refractivity contribution < 1.29 is 23.4 Å². The van der Waals surface area contributed by atoms with Crippen molar-refractivity contribution in [2.75, 3.05) is 13.1 Å². The number of aliphatic hydroxyl groups excluding tert-OH is 1. The number of carbonyl (C=O) groups excluding carboxylic acids is 1. The molecule has 1 aliphatic rings. The smallest absolute Gasteiger partial charge is 0.387 e. The van der Waals surface area contributed by atoms with E-state index in [9.17, 15) is 18.7 Å². The van der Waals surface area contributed by atoms with Crippen LogP contribution in [0.2, 0.25) is 0 Å². The third-order valence-electron chi connectivity index (χ3n) is 3.98. The summed E-state index contributed by atoms with van der Waals surface area (Å²) in [7, 11) is 0. The Morgan fingerprint density at radius 1 is 1.26 bits per heavy atom. The van der Waals surface area contributed by atoms with Crippen molar-refractivity contribution in [2.24, 2.45) is 0 Å². The number of benzene rings is 2. The lowest BCUT2D eigenvalue weighted by molar-refractivity contribution is -0.0502. The lowest BCUT2D eigenvalue weighted by Gasteiger charge is -2.30. The average Bonchev–Trinajstić information content (AvgIpc) is 2.53. The van der Waals surface area contributed by atoms with Gasteiger partial charge in [-0.3, -0.25) is 4.79 Å². The van der Waals surface area contributed by atoms with Crippen LogP contribution in [0.5, 0.6) is 5.75 Å². The predicted molar refractivity (Wildman–Crippen MR) is 81.7 cm³/mol. The number of hydrogen-bond acceptors (Lipinski definition) is 3. The lowest BCUT2D eigenvalue weighted by Crippen LogP contribution is -2.42. The van der Waals surface area contributed by atoms with Gasteiger partial charge in [0.2, 0.25) is 0 Å². The number of β-amino-alcohol motifs (C(OH)–C–C–N with tert-alkyl or cyclic N) is 1. The second kappa shape index (κ2) is 6.50. The number of nitrogens with zero attached hydrogens (tertiary/aromatic N) is 1. The van der Waals surface area contributed by atoms with E-state index in [1.165, 1.54) is 11.0 Å². The van der Waals surface area contributed by atoms with Gasteiger partial charge in [-0.15, -0.1) is 0 Å². The minimum absolute atomic E-state index is 0.0955. The van der Waals surface area contributed by atoms with E-state index < -0.39 is 18.6 Å². The molecule has 2 aromatic rings. The molecule has 2 aromatic carbocycles. The first-order valence-electron chi connectivity index (χ1n) is 7.49. The van der Waals surface area contributed by atoms with Gasteiger partial charge in [-0.2, -0.15) is 8.78 Å². The number of ether oxygens (including phenoxy) is 1. The Hall–Kier alpha value is -2.21. The number of fused-ring (bicyclic) bond motifs is 1. The Labute approximate surface area is 132 Å². The van der Waals surface area contributed by atoms with E-state index in [0.29, 0.717) is 19.4 Å². The third kappa shape index (κ3) is 3.42. The zero-order valence-corrected chi connectivity index (χ0v) is 12.4. The SMILES string of the molecule is O=C(c1cc2ccccc2cc1OC(F)F)N1CCCC(O)C1. The maximum Gasteiger partial charge on any atom is 0.387 e. The molecule has 0 spiro atoms. The molecule has 23 heavy (non-hydrogen) atoms. The maximum absolute atomic E-state index is 12.7. The molecule has 1 heterocycles. The van der Waals surface area contributed by atoms with Crippen LogP contribution in [0.15, 0.2) is 36.4 Å². The van der Waals surface area contributed by atoms with Crippen LogP contribution in [0.4, 0.5) is 8.78 Å². The van der Waals surface area contributed by atoms with Gasteiger partial charge in [-0.25, -0.2) is 0 Å². The van der Waals surface area contributed by atoms with Gasteiger partial charge >= 0.3 is 6.61 Å². The number of hydrogen-bond donors (Lipinski definition) is 1. The van der Waals surface area contributed by atoms with Crippen LogP contribution in [-0.2, 0) is 0 Å². The van der Waals surface area contributed by atoms with Crippen molar-refractivity contribution in [3.05, 3.63) is 42.0 Å². The monoisotopic (exact) mass is 321 g/mol. The summed E-state index contributed by atoms with van der Waals surface area (Å²) >= 11 is 0. The van der Waals surface area contributed by atoms with E-state index >= 15 is 0 Å². The molecule has 1 fully saturated rings. The Morgan fingerprint density at radius 2 is 1.96 bits per heavy atom. The van der Waals surface area contributed by atoms with Crippen LogP contribution in [-0.4, -0.2) is 41.7 Å². The molecule has 0 bridgehead atoms. The summed E-state index contributed by atoms with van der Waals surface area (Å²) < 4.78 is 29.9. The van der Waals surface area contributed by atoms with E-state index in [4.69, 9.17) is 0 Å². The van der Waals surface area contributed by atoms with Crippen molar-refractivity contribution in [3.8, 4) is 5.75 Å². The zero-order chi connectivity index (χ0) is 16.4. The number of halogens is 2. The first kappa shape index (κ1) is 15.7. The van der Waals surface area contributed by atoms with Gasteiger partial charge in [0.15, 0.2) is 0 Å². The molecule has 122 valence electrons. The molecular formula is C17H17F2NO3. The van der Waals surface area contributed by atoms with Crippen molar-refractivity contribution >= 4 is 16.7 Å². The standard InChI is InChI=1S/C17H17F2NO3/c18-17(19)23-15-9-12-5-2-1-4-11(12)8-14(15)16(22)20-7-3-6-13(21)10-20/h1-2,4-5,8-9,13,17,21H,3,6-7,10H2. The summed E-state index contributed by atoms with van der Waals surface area (Å²) in [6.45, 7) is -2.30. The minimum Gasteiger partial charge on any atom is -0.434 e. The highest BCUT2D eigenvalue weighted by Crippen LogP contribution is 2.29. The van der Waals surface area contributed by atoms with Gasteiger partial charge in [0.25, 0.3) is 5.91 Å². The second-order valence-electron chi connectivity index (χ2n) is 5.62. The zero-order valence-electron chi connectivity index (χ0n) is 12.4. The summed E-state index contributed by atoms with van der Waals surface area (Å²) in [4.78, 5) is 14.2. The fraction of sp³-hybridized carbons (Fsp3) is 0.353. The molecule has 1 aliphatic heterocycles. The molecule has 1 atom stereocenters. The van der Waals surface area contributed by atoms with Crippen molar-refractivity contribution in [3.63, 3.8) is 0 Å². The molecule has 0 aromatic heterocycles. The van der Waals surface area contributed by atoms with Gasteiger partial charge in [-0.1, -0.05) is 24.3 Å². The van der Waals surface area contributed by atoms with Gasteiger partial charge in [0, 0.05) is 13.1 Å². The molecule has 0 aliphatic carbocycles. The number of amides is 1. The fourth-order valence-electron chi connectivity index (χ4n) is 2.89. The van der Waals surface area contributed by atoms with E-state index in [0.717, 1.165) is 10.8 Å². The molecular weight excluding hydrogens is 304 g/mol. The topological polar surface area (TPSA) is 49.8 Å². The van der Waals surface area contributed by atoms with E-state index in [1.807, 2.05) is 12.1 Å². The normalized spacial score (nSPS) is 18.4. The van der Waals surface area contributed by atoms with Gasteiger partial charge < -0.3 is 14.7 Å². The first-order valence-corrected chi connectivity index (χ1v) is 7.49. The number of alkyl halides is 2. The predicted octanol–water partition coefficient (Wildman–Crippen LogP) is 3.04. The Kier molecular flexibility index (Phi) is 4.43. The number of likely N-dealkylation sites (tertiary alicyclic amines) is 1. The van der Waals surface area contributed by atoms with Crippen LogP contribution in [0.1, 0.15) is 23.2 Å². The number of aliphatic hydroxyl groups is 1. The van der Waals surface area contributed by atoms with E-state index in [2.05, 4.69) is 4.74 Å². The Balaban J connectivity index is 2.01.